The van der Waals surface area contributed by atoms with Crippen molar-refractivity contribution in [1.82, 2.24) is 4.98 Å². The van der Waals surface area contributed by atoms with Crippen LogP contribution in [0.4, 0.5) is 5.82 Å². The summed E-state index contributed by atoms with van der Waals surface area (Å²) in [6.45, 7) is 3.40. The highest BCUT2D eigenvalue weighted by atomic mass is 35.5. The topological polar surface area (TPSA) is 42.1 Å². The number of pyridine rings is 1. The minimum atomic E-state index is 0.535. The minimum absolute atomic E-state index is 0.535. The summed E-state index contributed by atoms with van der Waals surface area (Å²) in [6.07, 6.45) is 0.909. The van der Waals surface area contributed by atoms with Gasteiger partial charge in [0.05, 0.1) is 0 Å². The highest BCUT2D eigenvalue weighted by molar-refractivity contribution is 6.30. The van der Waals surface area contributed by atoms with Gasteiger partial charge in [0.15, 0.2) is 0 Å². The van der Waals surface area contributed by atoms with Gasteiger partial charge in [0.2, 0.25) is 0 Å². The Kier molecular flexibility index (Phi) is 4.99. The Morgan fingerprint density at radius 3 is 2.65 bits per heavy atom. The van der Waals surface area contributed by atoms with E-state index in [1.54, 1.807) is 0 Å². The smallest absolute Gasteiger partial charge is 0.129 e. The van der Waals surface area contributed by atoms with Crippen LogP contribution in [0, 0.1) is 0 Å². The van der Waals surface area contributed by atoms with Crippen LogP contribution in [0.2, 0.25) is 5.02 Å². The number of hydrogen-bond donors (Lipinski definition) is 1. The van der Waals surface area contributed by atoms with Gasteiger partial charge in [-0.1, -0.05) is 30.7 Å². The summed E-state index contributed by atoms with van der Waals surface area (Å²) in [5, 5.41) is 0.758. The van der Waals surface area contributed by atoms with Crippen molar-refractivity contribution in [1.29, 1.82) is 0 Å². The van der Waals surface area contributed by atoms with E-state index >= 15 is 0 Å². The first kappa shape index (κ1) is 14.8. The molecule has 0 aliphatic heterocycles. The van der Waals surface area contributed by atoms with Crippen LogP contribution in [0.1, 0.15) is 23.7 Å². The number of hydrogen-bond acceptors (Lipinski definition) is 3. The zero-order valence-electron chi connectivity index (χ0n) is 11.9. The molecular weight excluding hydrogens is 270 g/mol. The van der Waals surface area contributed by atoms with E-state index in [1.807, 2.05) is 31.3 Å². The van der Waals surface area contributed by atoms with Gasteiger partial charge in [-0.15, -0.1) is 0 Å². The van der Waals surface area contributed by atoms with Crippen LogP contribution in [0.25, 0.3) is 0 Å². The first-order valence-corrected chi connectivity index (χ1v) is 7.15. The second-order valence-corrected chi connectivity index (χ2v) is 5.31. The summed E-state index contributed by atoms with van der Waals surface area (Å²) in [7, 11) is 2.03. The second-order valence-electron chi connectivity index (χ2n) is 4.87. The maximum Gasteiger partial charge on any atom is 0.129 e. The molecular formula is C16H20ClN3. The van der Waals surface area contributed by atoms with Crippen LogP contribution in [0.15, 0.2) is 36.4 Å². The molecule has 3 nitrogen and oxygen atoms in total. The van der Waals surface area contributed by atoms with Crippen molar-refractivity contribution in [3.63, 3.8) is 0 Å². The van der Waals surface area contributed by atoms with Gasteiger partial charge in [0.1, 0.15) is 5.82 Å². The third-order valence-electron chi connectivity index (χ3n) is 3.22. The van der Waals surface area contributed by atoms with E-state index in [2.05, 4.69) is 28.9 Å². The molecule has 0 radical (unpaired) electrons. The fraction of sp³-hybridized carbons (Fsp3) is 0.312. The van der Waals surface area contributed by atoms with Crippen molar-refractivity contribution in [2.24, 2.45) is 5.73 Å². The Hall–Kier alpha value is -1.58. The normalized spacial score (nSPS) is 10.6. The van der Waals surface area contributed by atoms with E-state index in [0.29, 0.717) is 6.54 Å². The Bertz CT molecular complexity index is 561. The third-order valence-corrected chi connectivity index (χ3v) is 3.46. The van der Waals surface area contributed by atoms with Gasteiger partial charge in [0, 0.05) is 30.9 Å². The summed E-state index contributed by atoms with van der Waals surface area (Å²) in [5.41, 5.74) is 9.10. The molecule has 1 heterocycles. The number of rotatable bonds is 5. The molecule has 0 amide bonds. The number of nitrogens with zero attached hydrogens (tertiary/aromatic N) is 2. The number of aromatic nitrogens is 1. The van der Waals surface area contributed by atoms with Gasteiger partial charge < -0.3 is 10.6 Å². The predicted molar refractivity (Wildman–Crippen MR) is 85.1 cm³/mol. The highest BCUT2D eigenvalue weighted by Crippen LogP contribution is 2.18. The average molecular weight is 290 g/mol. The third kappa shape index (κ3) is 3.71. The van der Waals surface area contributed by atoms with Crippen LogP contribution in [0.5, 0.6) is 0 Å². The molecule has 1 aromatic heterocycles. The van der Waals surface area contributed by atoms with Crippen molar-refractivity contribution in [2.75, 3.05) is 11.9 Å². The lowest BCUT2D eigenvalue weighted by atomic mass is 10.1. The first-order chi connectivity index (χ1) is 9.62. The zero-order chi connectivity index (χ0) is 14.5. The molecule has 2 N–H and O–H groups in total. The SMILES string of the molecule is CCc1cc(CN)cc(N(C)Cc2cccc(Cl)c2)n1. The molecule has 0 unspecified atom stereocenters. The van der Waals surface area contributed by atoms with Gasteiger partial charge in [-0.3, -0.25) is 0 Å². The molecule has 0 saturated heterocycles. The van der Waals surface area contributed by atoms with E-state index in [-0.39, 0.29) is 0 Å². The lowest BCUT2D eigenvalue weighted by molar-refractivity contribution is 0.875. The molecule has 0 aliphatic carbocycles. The number of halogens is 1. The highest BCUT2D eigenvalue weighted by Gasteiger charge is 2.07. The standard InChI is InChI=1S/C16H20ClN3/c1-3-15-8-13(10-18)9-16(19-15)20(2)11-12-5-4-6-14(17)7-12/h4-9H,3,10-11,18H2,1-2H3. The lowest BCUT2D eigenvalue weighted by Crippen LogP contribution is -2.18. The Balaban J connectivity index is 2.22. The van der Waals surface area contributed by atoms with Gasteiger partial charge in [0.25, 0.3) is 0 Å². The van der Waals surface area contributed by atoms with Crippen LogP contribution < -0.4 is 10.6 Å². The minimum Gasteiger partial charge on any atom is -0.355 e. The molecule has 2 aromatic rings. The quantitative estimate of drug-likeness (QED) is 0.917. The Morgan fingerprint density at radius 1 is 1.20 bits per heavy atom. The van der Waals surface area contributed by atoms with E-state index in [4.69, 9.17) is 17.3 Å². The van der Waals surface area contributed by atoms with Crippen molar-refractivity contribution >= 4 is 17.4 Å². The maximum absolute atomic E-state index is 6.02. The van der Waals surface area contributed by atoms with E-state index in [9.17, 15) is 0 Å². The fourth-order valence-electron chi connectivity index (χ4n) is 2.12. The van der Waals surface area contributed by atoms with Crippen LogP contribution in [0.3, 0.4) is 0 Å². The zero-order valence-corrected chi connectivity index (χ0v) is 12.7. The summed E-state index contributed by atoms with van der Waals surface area (Å²) >= 11 is 6.02. The van der Waals surface area contributed by atoms with Gasteiger partial charge >= 0.3 is 0 Å². The van der Waals surface area contributed by atoms with Crippen LogP contribution >= 0.6 is 11.6 Å². The van der Waals surface area contributed by atoms with E-state index in [0.717, 1.165) is 40.6 Å². The second kappa shape index (κ2) is 6.73. The van der Waals surface area contributed by atoms with Crippen molar-refractivity contribution in [3.8, 4) is 0 Å². The van der Waals surface area contributed by atoms with Gasteiger partial charge in [-0.25, -0.2) is 4.98 Å². The van der Waals surface area contributed by atoms with Crippen molar-refractivity contribution in [3.05, 3.63) is 58.2 Å². The molecule has 0 spiro atoms. The predicted octanol–water partition coefficient (Wildman–Crippen LogP) is 3.39. The lowest BCUT2D eigenvalue weighted by Gasteiger charge is -2.20. The fourth-order valence-corrected chi connectivity index (χ4v) is 2.33. The van der Waals surface area contributed by atoms with Gasteiger partial charge in [-0.2, -0.15) is 0 Å². The number of anilines is 1. The summed E-state index contributed by atoms with van der Waals surface area (Å²) in [6, 6.07) is 12.0. The van der Waals surface area contributed by atoms with Crippen molar-refractivity contribution in [2.45, 2.75) is 26.4 Å². The molecule has 106 valence electrons. The number of benzene rings is 1. The largest absolute Gasteiger partial charge is 0.355 e. The molecule has 4 heteroatoms. The summed E-state index contributed by atoms with van der Waals surface area (Å²) in [4.78, 5) is 6.77. The molecule has 1 aromatic carbocycles. The van der Waals surface area contributed by atoms with Gasteiger partial charge in [-0.05, 0) is 41.8 Å². The van der Waals surface area contributed by atoms with Crippen LogP contribution in [-0.2, 0) is 19.5 Å². The molecule has 0 saturated carbocycles. The maximum atomic E-state index is 6.02. The molecule has 20 heavy (non-hydrogen) atoms. The number of aryl methyl sites for hydroxylation is 1. The number of nitrogens with two attached hydrogens (primary N) is 1. The molecule has 0 aliphatic rings. The summed E-state index contributed by atoms with van der Waals surface area (Å²) < 4.78 is 0. The molecule has 0 bridgehead atoms. The van der Waals surface area contributed by atoms with E-state index < -0.39 is 0 Å². The first-order valence-electron chi connectivity index (χ1n) is 6.78. The molecule has 2 rings (SSSR count). The molecule has 0 fully saturated rings. The summed E-state index contributed by atoms with van der Waals surface area (Å²) in [5.74, 6) is 0.949. The van der Waals surface area contributed by atoms with E-state index in [1.165, 1.54) is 0 Å². The molecule has 0 atom stereocenters. The Labute approximate surface area is 125 Å². The van der Waals surface area contributed by atoms with Crippen LogP contribution in [-0.4, -0.2) is 12.0 Å². The Morgan fingerprint density at radius 2 is 2.00 bits per heavy atom. The average Bonchev–Trinajstić information content (AvgIpc) is 2.46. The monoisotopic (exact) mass is 289 g/mol. The van der Waals surface area contributed by atoms with Crippen molar-refractivity contribution < 1.29 is 0 Å².